The molecule has 1 aliphatic heterocycles. The molecule has 10 heteroatoms. The van der Waals surface area contributed by atoms with Crippen molar-refractivity contribution >= 4 is 45.6 Å². The van der Waals surface area contributed by atoms with Gasteiger partial charge in [-0.05, 0) is 43.3 Å². The van der Waals surface area contributed by atoms with Gasteiger partial charge in [0.25, 0.3) is 0 Å². The third-order valence-electron chi connectivity index (χ3n) is 5.26. The van der Waals surface area contributed by atoms with Gasteiger partial charge in [0.05, 0.1) is 12.0 Å². The van der Waals surface area contributed by atoms with Crippen LogP contribution in [0.3, 0.4) is 0 Å². The number of halogens is 1. The molecule has 0 unspecified atom stereocenters. The van der Waals surface area contributed by atoms with Crippen molar-refractivity contribution in [2.24, 2.45) is 4.99 Å². The first-order valence-corrected chi connectivity index (χ1v) is 11.8. The summed E-state index contributed by atoms with van der Waals surface area (Å²) in [5.41, 5.74) is 2.20. The van der Waals surface area contributed by atoms with Crippen molar-refractivity contribution in [2.45, 2.75) is 11.8 Å². The minimum Gasteiger partial charge on any atom is -0.497 e. The molecule has 8 nitrogen and oxygen atoms in total. The Morgan fingerprint density at radius 3 is 2.19 bits per heavy atom. The Kier molecular flexibility index (Phi) is 10.0. The second-order valence-electron chi connectivity index (χ2n) is 7.36. The lowest BCUT2D eigenvalue weighted by Crippen LogP contribution is -2.53. The summed E-state index contributed by atoms with van der Waals surface area (Å²) in [6, 6.07) is 14.9. The van der Waals surface area contributed by atoms with Crippen LogP contribution in [0.15, 0.2) is 58.4 Å². The van der Waals surface area contributed by atoms with E-state index in [0.29, 0.717) is 6.54 Å². The van der Waals surface area contributed by atoms with Crippen molar-refractivity contribution in [2.75, 3.05) is 58.3 Å². The standard InChI is InChI=1S/C22H31N5O3S.HI/c1-18-4-10-21(11-5-18)31(28,29)25-13-12-24-22(23-2)27-16-14-26(15-17-27)19-6-8-20(30-3)9-7-19;/h4-11,25H,12-17H2,1-3H3,(H,23,24);1H. The fourth-order valence-corrected chi connectivity index (χ4v) is 4.49. The van der Waals surface area contributed by atoms with Crippen LogP contribution in [-0.4, -0.2) is 72.7 Å². The van der Waals surface area contributed by atoms with Crippen LogP contribution in [0.1, 0.15) is 5.56 Å². The van der Waals surface area contributed by atoms with E-state index in [4.69, 9.17) is 4.74 Å². The molecule has 1 fully saturated rings. The average Bonchev–Trinajstić information content (AvgIpc) is 2.80. The predicted molar refractivity (Wildman–Crippen MR) is 140 cm³/mol. The van der Waals surface area contributed by atoms with Crippen molar-refractivity contribution in [3.8, 4) is 5.75 Å². The third-order valence-corrected chi connectivity index (χ3v) is 6.74. The number of aryl methyl sites for hydroxylation is 1. The van der Waals surface area contributed by atoms with Gasteiger partial charge in [0, 0.05) is 52.0 Å². The van der Waals surface area contributed by atoms with E-state index in [1.807, 2.05) is 19.1 Å². The van der Waals surface area contributed by atoms with Crippen LogP contribution in [0.5, 0.6) is 5.75 Å². The second kappa shape index (κ2) is 12.3. The summed E-state index contributed by atoms with van der Waals surface area (Å²) in [6.45, 7) is 6.09. The minimum absolute atomic E-state index is 0. The molecular weight excluding hydrogens is 541 g/mol. The molecule has 0 amide bonds. The highest BCUT2D eigenvalue weighted by Gasteiger charge is 2.20. The van der Waals surface area contributed by atoms with Gasteiger partial charge < -0.3 is 19.9 Å². The summed E-state index contributed by atoms with van der Waals surface area (Å²) < 4.78 is 32.6. The fraction of sp³-hybridized carbons (Fsp3) is 0.409. The monoisotopic (exact) mass is 573 g/mol. The molecule has 176 valence electrons. The Morgan fingerprint density at radius 1 is 1.00 bits per heavy atom. The van der Waals surface area contributed by atoms with E-state index < -0.39 is 10.0 Å². The number of sulfonamides is 1. The number of piperazine rings is 1. The first-order valence-electron chi connectivity index (χ1n) is 10.3. The van der Waals surface area contributed by atoms with E-state index in [-0.39, 0.29) is 35.4 Å². The number of ether oxygens (including phenoxy) is 1. The highest BCUT2D eigenvalue weighted by molar-refractivity contribution is 14.0. The van der Waals surface area contributed by atoms with Crippen LogP contribution in [0, 0.1) is 6.92 Å². The zero-order valence-corrected chi connectivity index (χ0v) is 21.9. The van der Waals surface area contributed by atoms with Crippen molar-refractivity contribution < 1.29 is 13.2 Å². The predicted octanol–water partition coefficient (Wildman–Crippen LogP) is 2.30. The first-order chi connectivity index (χ1) is 14.9. The molecule has 1 saturated heterocycles. The number of methoxy groups -OCH3 is 1. The van der Waals surface area contributed by atoms with Gasteiger partial charge in [-0.25, -0.2) is 13.1 Å². The molecule has 2 N–H and O–H groups in total. The highest BCUT2D eigenvalue weighted by atomic mass is 127. The molecule has 0 saturated carbocycles. The topological polar surface area (TPSA) is 86.3 Å². The average molecular weight is 574 g/mol. The lowest BCUT2D eigenvalue weighted by atomic mass is 10.2. The number of aliphatic imine (C=N–C) groups is 1. The molecule has 2 aromatic rings. The Balaban J connectivity index is 0.00000363. The van der Waals surface area contributed by atoms with E-state index >= 15 is 0 Å². The van der Waals surface area contributed by atoms with Gasteiger partial charge in [-0.15, -0.1) is 24.0 Å². The molecule has 0 spiro atoms. The third kappa shape index (κ3) is 6.97. The Hall–Kier alpha value is -2.05. The number of rotatable bonds is 7. The van der Waals surface area contributed by atoms with Crippen molar-refractivity contribution in [3.63, 3.8) is 0 Å². The normalized spacial score (nSPS) is 14.7. The summed E-state index contributed by atoms with van der Waals surface area (Å²) >= 11 is 0. The van der Waals surface area contributed by atoms with Gasteiger partial charge in [0.1, 0.15) is 5.75 Å². The highest BCUT2D eigenvalue weighted by Crippen LogP contribution is 2.20. The van der Waals surface area contributed by atoms with Crippen LogP contribution in [-0.2, 0) is 10.0 Å². The van der Waals surface area contributed by atoms with Crippen LogP contribution in [0.4, 0.5) is 5.69 Å². The number of guanidine groups is 1. The summed E-state index contributed by atoms with van der Waals surface area (Å²) in [5.74, 6) is 1.63. The number of nitrogens with zero attached hydrogens (tertiary/aromatic N) is 3. The number of anilines is 1. The van der Waals surface area contributed by atoms with Crippen molar-refractivity contribution in [3.05, 3.63) is 54.1 Å². The Morgan fingerprint density at radius 2 is 1.62 bits per heavy atom. The number of hydrogen-bond donors (Lipinski definition) is 2. The minimum atomic E-state index is -3.51. The van der Waals surface area contributed by atoms with E-state index in [2.05, 4.69) is 37.0 Å². The number of benzene rings is 2. The Labute approximate surface area is 208 Å². The molecule has 0 bridgehead atoms. The van der Waals surface area contributed by atoms with Crippen LogP contribution in [0.2, 0.25) is 0 Å². The zero-order chi connectivity index (χ0) is 22.3. The number of nitrogens with one attached hydrogen (secondary N) is 2. The molecule has 0 radical (unpaired) electrons. The maximum absolute atomic E-state index is 12.4. The van der Waals surface area contributed by atoms with E-state index in [1.165, 1.54) is 5.69 Å². The maximum Gasteiger partial charge on any atom is 0.240 e. The molecule has 0 aliphatic carbocycles. The Bertz CT molecular complexity index is 974. The van der Waals surface area contributed by atoms with Gasteiger partial charge in [-0.1, -0.05) is 17.7 Å². The smallest absolute Gasteiger partial charge is 0.240 e. The SMILES string of the molecule is CN=C(NCCNS(=O)(=O)c1ccc(C)cc1)N1CCN(c2ccc(OC)cc2)CC1.I. The van der Waals surface area contributed by atoms with E-state index in [9.17, 15) is 8.42 Å². The lowest BCUT2D eigenvalue weighted by molar-refractivity contribution is 0.373. The molecule has 0 aromatic heterocycles. The lowest BCUT2D eigenvalue weighted by Gasteiger charge is -2.37. The molecule has 2 aromatic carbocycles. The largest absolute Gasteiger partial charge is 0.497 e. The van der Waals surface area contributed by atoms with E-state index in [1.54, 1.807) is 38.4 Å². The van der Waals surface area contributed by atoms with E-state index in [0.717, 1.165) is 43.5 Å². The quantitative estimate of drug-likeness (QED) is 0.229. The van der Waals surface area contributed by atoms with Gasteiger partial charge in [-0.3, -0.25) is 4.99 Å². The van der Waals surface area contributed by atoms with Gasteiger partial charge in [0.2, 0.25) is 10.0 Å². The molecule has 1 aliphatic rings. The molecular formula is C22H32IN5O3S. The van der Waals surface area contributed by atoms with Crippen molar-refractivity contribution in [1.29, 1.82) is 0 Å². The fourth-order valence-electron chi connectivity index (χ4n) is 3.46. The van der Waals surface area contributed by atoms with Gasteiger partial charge in [0.15, 0.2) is 5.96 Å². The van der Waals surface area contributed by atoms with Crippen LogP contribution in [0.25, 0.3) is 0 Å². The molecule has 1 heterocycles. The van der Waals surface area contributed by atoms with Gasteiger partial charge in [-0.2, -0.15) is 0 Å². The molecule has 0 atom stereocenters. The summed E-state index contributed by atoms with van der Waals surface area (Å²) in [7, 11) is -0.0974. The van der Waals surface area contributed by atoms with Gasteiger partial charge >= 0.3 is 0 Å². The van der Waals surface area contributed by atoms with Crippen LogP contribution < -0.4 is 19.7 Å². The summed E-state index contributed by atoms with van der Waals surface area (Å²) in [5, 5.41) is 3.26. The summed E-state index contributed by atoms with van der Waals surface area (Å²) in [6.07, 6.45) is 0. The molecule has 3 rings (SSSR count). The first kappa shape index (κ1) is 26.2. The van der Waals surface area contributed by atoms with Crippen molar-refractivity contribution in [1.82, 2.24) is 14.9 Å². The molecule has 32 heavy (non-hydrogen) atoms. The zero-order valence-electron chi connectivity index (χ0n) is 18.7. The number of hydrogen-bond acceptors (Lipinski definition) is 5. The maximum atomic E-state index is 12.4. The van der Waals surface area contributed by atoms with Crippen LogP contribution >= 0.6 is 24.0 Å². The second-order valence-corrected chi connectivity index (χ2v) is 9.12. The summed E-state index contributed by atoms with van der Waals surface area (Å²) in [4.78, 5) is 9.15.